The summed E-state index contributed by atoms with van der Waals surface area (Å²) in [4.78, 5) is 4.31. The zero-order chi connectivity index (χ0) is 12.3. The lowest BCUT2D eigenvalue weighted by Gasteiger charge is -2.05. The predicted octanol–water partition coefficient (Wildman–Crippen LogP) is 2.72. The van der Waals surface area contributed by atoms with E-state index in [0.717, 1.165) is 30.2 Å². The molecule has 0 fully saturated rings. The summed E-state index contributed by atoms with van der Waals surface area (Å²) in [5, 5.41) is 3.09. The Labute approximate surface area is 102 Å². The molecule has 90 valence electrons. The third kappa shape index (κ3) is 2.56. The number of hydrogen-bond donors (Lipinski definition) is 1. The third-order valence-electron chi connectivity index (χ3n) is 2.87. The molecule has 1 heterocycles. The summed E-state index contributed by atoms with van der Waals surface area (Å²) in [7, 11) is 1.93. The van der Waals surface area contributed by atoms with Gasteiger partial charge in [-0.15, -0.1) is 0 Å². The SMILES string of the molecule is CNCCc1ncc(-c2c(C)cccc2C)o1. The molecular weight excluding hydrogens is 212 g/mol. The fraction of sp³-hybridized carbons (Fsp3) is 0.357. The van der Waals surface area contributed by atoms with E-state index in [0.29, 0.717) is 0 Å². The van der Waals surface area contributed by atoms with E-state index in [1.165, 1.54) is 11.1 Å². The molecule has 0 saturated heterocycles. The van der Waals surface area contributed by atoms with Gasteiger partial charge in [0.05, 0.1) is 6.20 Å². The van der Waals surface area contributed by atoms with Crippen molar-refractivity contribution in [1.29, 1.82) is 0 Å². The maximum Gasteiger partial charge on any atom is 0.196 e. The van der Waals surface area contributed by atoms with Crippen LogP contribution in [0.3, 0.4) is 0 Å². The second kappa shape index (κ2) is 5.15. The molecule has 0 bridgehead atoms. The largest absolute Gasteiger partial charge is 0.441 e. The van der Waals surface area contributed by atoms with E-state index in [4.69, 9.17) is 4.42 Å². The van der Waals surface area contributed by atoms with Crippen LogP contribution in [-0.2, 0) is 6.42 Å². The van der Waals surface area contributed by atoms with E-state index in [9.17, 15) is 0 Å². The zero-order valence-corrected chi connectivity index (χ0v) is 10.6. The smallest absolute Gasteiger partial charge is 0.196 e. The van der Waals surface area contributed by atoms with Crippen molar-refractivity contribution in [3.05, 3.63) is 41.4 Å². The van der Waals surface area contributed by atoms with Crippen LogP contribution >= 0.6 is 0 Å². The summed E-state index contributed by atoms with van der Waals surface area (Å²) in [6, 6.07) is 6.25. The summed E-state index contributed by atoms with van der Waals surface area (Å²) in [6.07, 6.45) is 2.64. The Morgan fingerprint density at radius 1 is 1.24 bits per heavy atom. The predicted molar refractivity (Wildman–Crippen MR) is 69.0 cm³/mol. The molecule has 1 N–H and O–H groups in total. The van der Waals surface area contributed by atoms with E-state index in [-0.39, 0.29) is 0 Å². The lowest BCUT2D eigenvalue weighted by atomic mass is 10.0. The molecule has 3 nitrogen and oxygen atoms in total. The van der Waals surface area contributed by atoms with Crippen LogP contribution in [0.5, 0.6) is 0 Å². The Kier molecular flexibility index (Phi) is 3.59. The first-order valence-electron chi connectivity index (χ1n) is 5.88. The van der Waals surface area contributed by atoms with Crippen LogP contribution in [0.25, 0.3) is 11.3 Å². The molecule has 0 unspecified atom stereocenters. The van der Waals surface area contributed by atoms with E-state index >= 15 is 0 Å². The summed E-state index contributed by atoms with van der Waals surface area (Å²) in [5.74, 6) is 1.66. The Bertz CT molecular complexity index is 482. The summed E-state index contributed by atoms with van der Waals surface area (Å²) in [5.41, 5.74) is 3.61. The average molecular weight is 230 g/mol. The molecule has 0 atom stereocenters. The van der Waals surface area contributed by atoms with Crippen LogP contribution in [0, 0.1) is 13.8 Å². The molecule has 17 heavy (non-hydrogen) atoms. The Morgan fingerprint density at radius 2 is 1.94 bits per heavy atom. The number of hydrogen-bond acceptors (Lipinski definition) is 3. The van der Waals surface area contributed by atoms with Crippen molar-refractivity contribution in [3.63, 3.8) is 0 Å². The van der Waals surface area contributed by atoms with Crippen LogP contribution < -0.4 is 5.32 Å². The number of aryl methyl sites for hydroxylation is 2. The number of aromatic nitrogens is 1. The maximum atomic E-state index is 5.78. The molecule has 3 heteroatoms. The first-order chi connectivity index (χ1) is 8.22. The van der Waals surface area contributed by atoms with E-state index in [2.05, 4.69) is 42.3 Å². The van der Waals surface area contributed by atoms with Gasteiger partial charge in [0.1, 0.15) is 0 Å². The second-order valence-electron chi connectivity index (χ2n) is 4.24. The lowest BCUT2D eigenvalue weighted by Crippen LogP contribution is -2.10. The van der Waals surface area contributed by atoms with Crippen molar-refractivity contribution >= 4 is 0 Å². The minimum absolute atomic E-state index is 0.789. The number of nitrogens with one attached hydrogen (secondary N) is 1. The van der Waals surface area contributed by atoms with Gasteiger partial charge in [0.15, 0.2) is 11.7 Å². The molecule has 0 aliphatic rings. The first-order valence-corrected chi connectivity index (χ1v) is 5.88. The number of nitrogens with zero attached hydrogens (tertiary/aromatic N) is 1. The fourth-order valence-electron chi connectivity index (χ4n) is 1.98. The normalized spacial score (nSPS) is 10.8. The fourth-order valence-corrected chi connectivity index (χ4v) is 1.98. The quantitative estimate of drug-likeness (QED) is 0.877. The third-order valence-corrected chi connectivity index (χ3v) is 2.87. The van der Waals surface area contributed by atoms with Gasteiger partial charge in [-0.25, -0.2) is 4.98 Å². The van der Waals surface area contributed by atoms with Gasteiger partial charge >= 0.3 is 0 Å². The maximum absolute atomic E-state index is 5.78. The number of oxazole rings is 1. The van der Waals surface area contributed by atoms with Crippen molar-refractivity contribution in [2.45, 2.75) is 20.3 Å². The van der Waals surface area contributed by atoms with Crippen LogP contribution in [0.2, 0.25) is 0 Å². The van der Waals surface area contributed by atoms with Crippen molar-refractivity contribution in [3.8, 4) is 11.3 Å². The van der Waals surface area contributed by atoms with Gasteiger partial charge in [0.2, 0.25) is 0 Å². The first kappa shape index (κ1) is 11.9. The average Bonchev–Trinajstić information content (AvgIpc) is 2.75. The molecule has 0 amide bonds. The summed E-state index contributed by atoms with van der Waals surface area (Å²) in [6.45, 7) is 5.07. The molecule has 1 aromatic carbocycles. The summed E-state index contributed by atoms with van der Waals surface area (Å²) < 4.78 is 5.78. The van der Waals surface area contributed by atoms with Crippen molar-refractivity contribution in [2.75, 3.05) is 13.6 Å². The standard InChI is InChI=1S/C14H18N2O/c1-10-5-4-6-11(2)14(10)12-9-16-13(17-12)7-8-15-3/h4-6,9,15H,7-8H2,1-3H3. The highest BCUT2D eigenvalue weighted by Gasteiger charge is 2.10. The zero-order valence-electron chi connectivity index (χ0n) is 10.6. The highest BCUT2D eigenvalue weighted by molar-refractivity contribution is 5.65. The van der Waals surface area contributed by atoms with E-state index < -0.39 is 0 Å². The molecule has 0 saturated carbocycles. The van der Waals surface area contributed by atoms with Crippen molar-refractivity contribution in [1.82, 2.24) is 10.3 Å². The summed E-state index contributed by atoms with van der Waals surface area (Å²) >= 11 is 0. The molecular formula is C14H18N2O. The van der Waals surface area contributed by atoms with E-state index in [1.54, 1.807) is 0 Å². The van der Waals surface area contributed by atoms with Gasteiger partial charge in [0, 0.05) is 18.5 Å². The Morgan fingerprint density at radius 3 is 2.59 bits per heavy atom. The van der Waals surface area contributed by atoms with Crippen molar-refractivity contribution < 1.29 is 4.42 Å². The molecule has 2 aromatic rings. The minimum Gasteiger partial charge on any atom is -0.441 e. The highest BCUT2D eigenvalue weighted by Crippen LogP contribution is 2.27. The second-order valence-corrected chi connectivity index (χ2v) is 4.24. The number of rotatable bonds is 4. The number of likely N-dealkylation sites (N-methyl/N-ethyl adjacent to an activating group) is 1. The van der Waals surface area contributed by atoms with Gasteiger partial charge in [-0.05, 0) is 32.0 Å². The van der Waals surface area contributed by atoms with Gasteiger partial charge in [-0.1, -0.05) is 18.2 Å². The molecule has 0 radical (unpaired) electrons. The molecule has 0 spiro atoms. The lowest BCUT2D eigenvalue weighted by molar-refractivity contribution is 0.500. The van der Waals surface area contributed by atoms with Gasteiger partial charge in [-0.3, -0.25) is 0 Å². The highest BCUT2D eigenvalue weighted by atomic mass is 16.4. The molecule has 0 aliphatic heterocycles. The Hall–Kier alpha value is -1.61. The molecule has 1 aromatic heterocycles. The molecule has 0 aliphatic carbocycles. The van der Waals surface area contributed by atoms with Gasteiger partial charge in [-0.2, -0.15) is 0 Å². The van der Waals surface area contributed by atoms with Crippen LogP contribution in [0.4, 0.5) is 0 Å². The molecule has 2 rings (SSSR count). The van der Waals surface area contributed by atoms with Gasteiger partial charge < -0.3 is 9.73 Å². The van der Waals surface area contributed by atoms with Crippen molar-refractivity contribution in [2.24, 2.45) is 0 Å². The van der Waals surface area contributed by atoms with Gasteiger partial charge in [0.25, 0.3) is 0 Å². The van der Waals surface area contributed by atoms with Crippen LogP contribution in [0.15, 0.2) is 28.8 Å². The topological polar surface area (TPSA) is 38.1 Å². The van der Waals surface area contributed by atoms with Crippen LogP contribution in [0.1, 0.15) is 17.0 Å². The number of benzene rings is 1. The monoisotopic (exact) mass is 230 g/mol. The Balaban J connectivity index is 2.30. The minimum atomic E-state index is 0.789. The van der Waals surface area contributed by atoms with E-state index in [1.807, 2.05) is 13.2 Å². The van der Waals surface area contributed by atoms with Crippen LogP contribution in [-0.4, -0.2) is 18.6 Å².